The molecule has 0 amide bonds. The SMILES string of the molecule is CN(Cc1ccc(N(C)c2ccccc2)nc1)CC(C)(C)CN.Cl. The van der Waals surface area contributed by atoms with Crippen molar-refractivity contribution >= 4 is 23.9 Å². The monoisotopic (exact) mass is 348 g/mol. The summed E-state index contributed by atoms with van der Waals surface area (Å²) >= 11 is 0. The number of nitrogens with two attached hydrogens (primary N) is 1. The van der Waals surface area contributed by atoms with Gasteiger partial charge in [-0.15, -0.1) is 12.4 Å². The molecular formula is C19H29ClN4. The van der Waals surface area contributed by atoms with E-state index in [0.29, 0.717) is 6.54 Å². The predicted molar refractivity (Wildman–Crippen MR) is 105 cm³/mol. The lowest BCUT2D eigenvalue weighted by Crippen LogP contribution is -2.36. The van der Waals surface area contributed by atoms with E-state index in [4.69, 9.17) is 5.73 Å². The highest BCUT2D eigenvalue weighted by atomic mass is 35.5. The van der Waals surface area contributed by atoms with Crippen molar-refractivity contribution in [2.24, 2.45) is 11.1 Å². The van der Waals surface area contributed by atoms with E-state index in [0.717, 1.165) is 24.6 Å². The van der Waals surface area contributed by atoms with Gasteiger partial charge in [-0.25, -0.2) is 4.98 Å². The third-order valence-electron chi connectivity index (χ3n) is 4.00. The van der Waals surface area contributed by atoms with Crippen molar-refractivity contribution in [3.63, 3.8) is 0 Å². The minimum atomic E-state index is 0. The number of hydrogen-bond acceptors (Lipinski definition) is 4. The zero-order valence-corrected chi connectivity index (χ0v) is 15.9. The fourth-order valence-electron chi connectivity index (χ4n) is 2.66. The third kappa shape index (κ3) is 5.78. The maximum atomic E-state index is 5.81. The molecule has 2 aromatic rings. The van der Waals surface area contributed by atoms with E-state index in [-0.39, 0.29) is 17.8 Å². The lowest BCUT2D eigenvalue weighted by atomic mass is 9.93. The molecule has 0 saturated heterocycles. The van der Waals surface area contributed by atoms with E-state index in [1.165, 1.54) is 5.56 Å². The highest BCUT2D eigenvalue weighted by Gasteiger charge is 2.18. The molecule has 0 spiro atoms. The predicted octanol–water partition coefficient (Wildman–Crippen LogP) is 3.69. The molecule has 0 aliphatic rings. The summed E-state index contributed by atoms with van der Waals surface area (Å²) in [5, 5.41) is 0. The number of pyridine rings is 1. The molecule has 5 heteroatoms. The first kappa shape index (κ1) is 20.4. The van der Waals surface area contributed by atoms with Crippen molar-refractivity contribution in [1.29, 1.82) is 0 Å². The fourth-order valence-corrected chi connectivity index (χ4v) is 2.66. The second-order valence-corrected chi connectivity index (χ2v) is 6.96. The van der Waals surface area contributed by atoms with Crippen molar-refractivity contribution in [2.45, 2.75) is 20.4 Å². The lowest BCUT2D eigenvalue weighted by molar-refractivity contribution is 0.210. The van der Waals surface area contributed by atoms with Crippen LogP contribution in [0, 0.1) is 5.41 Å². The van der Waals surface area contributed by atoms with Crippen molar-refractivity contribution in [1.82, 2.24) is 9.88 Å². The molecule has 0 aliphatic heterocycles. The van der Waals surface area contributed by atoms with E-state index in [1.54, 1.807) is 0 Å². The molecule has 1 aromatic carbocycles. The second-order valence-electron chi connectivity index (χ2n) is 6.96. The zero-order valence-electron chi connectivity index (χ0n) is 15.1. The van der Waals surface area contributed by atoms with Gasteiger partial charge in [-0.2, -0.15) is 0 Å². The minimum absolute atomic E-state index is 0. The number of hydrogen-bond donors (Lipinski definition) is 1. The number of halogens is 1. The van der Waals surface area contributed by atoms with Crippen LogP contribution in [-0.4, -0.2) is 37.1 Å². The van der Waals surface area contributed by atoms with E-state index in [1.807, 2.05) is 31.4 Å². The molecule has 1 heterocycles. The molecule has 0 fully saturated rings. The normalized spacial score (nSPS) is 11.2. The molecule has 132 valence electrons. The first-order valence-corrected chi connectivity index (χ1v) is 8.03. The first-order valence-electron chi connectivity index (χ1n) is 8.03. The molecule has 0 bridgehead atoms. The van der Waals surface area contributed by atoms with Gasteiger partial charge in [0.1, 0.15) is 5.82 Å². The Morgan fingerprint density at radius 1 is 1.04 bits per heavy atom. The molecule has 2 rings (SSSR count). The van der Waals surface area contributed by atoms with Crippen LogP contribution in [0.5, 0.6) is 0 Å². The molecule has 0 radical (unpaired) electrons. The largest absolute Gasteiger partial charge is 0.330 e. The molecule has 0 atom stereocenters. The van der Waals surface area contributed by atoms with Crippen LogP contribution in [0.2, 0.25) is 0 Å². The average molecular weight is 349 g/mol. The number of rotatable bonds is 7. The maximum absolute atomic E-state index is 5.81. The first-order chi connectivity index (χ1) is 10.9. The Morgan fingerprint density at radius 2 is 1.71 bits per heavy atom. The van der Waals surface area contributed by atoms with E-state index in [2.05, 4.69) is 59.9 Å². The number of benzene rings is 1. The summed E-state index contributed by atoms with van der Waals surface area (Å²) in [4.78, 5) is 8.98. The molecule has 2 N–H and O–H groups in total. The van der Waals surface area contributed by atoms with Crippen LogP contribution in [0.4, 0.5) is 11.5 Å². The quantitative estimate of drug-likeness (QED) is 0.828. The van der Waals surface area contributed by atoms with Crippen LogP contribution in [-0.2, 0) is 6.54 Å². The summed E-state index contributed by atoms with van der Waals surface area (Å²) in [6, 6.07) is 14.5. The van der Waals surface area contributed by atoms with Gasteiger partial charge in [-0.1, -0.05) is 38.1 Å². The van der Waals surface area contributed by atoms with Crippen LogP contribution in [0.1, 0.15) is 19.4 Å². The van der Waals surface area contributed by atoms with E-state index >= 15 is 0 Å². The molecule has 0 saturated carbocycles. The molecule has 4 nitrogen and oxygen atoms in total. The van der Waals surface area contributed by atoms with Gasteiger partial charge in [-0.3, -0.25) is 0 Å². The van der Waals surface area contributed by atoms with Crippen LogP contribution >= 0.6 is 12.4 Å². The van der Waals surface area contributed by atoms with Gasteiger partial charge in [0.15, 0.2) is 0 Å². The summed E-state index contributed by atoms with van der Waals surface area (Å²) in [7, 11) is 4.16. The summed E-state index contributed by atoms with van der Waals surface area (Å²) in [5.74, 6) is 0.949. The number of aromatic nitrogens is 1. The van der Waals surface area contributed by atoms with Gasteiger partial charge >= 0.3 is 0 Å². The van der Waals surface area contributed by atoms with Crippen LogP contribution in [0.3, 0.4) is 0 Å². The molecule has 24 heavy (non-hydrogen) atoms. The van der Waals surface area contributed by atoms with Crippen molar-refractivity contribution in [2.75, 3.05) is 32.1 Å². The van der Waals surface area contributed by atoms with Crippen molar-refractivity contribution in [3.8, 4) is 0 Å². The summed E-state index contributed by atoms with van der Waals surface area (Å²) in [6.07, 6.45) is 1.96. The molecule has 0 unspecified atom stereocenters. The Bertz CT molecular complexity index is 599. The van der Waals surface area contributed by atoms with Gasteiger partial charge in [0.25, 0.3) is 0 Å². The summed E-state index contributed by atoms with van der Waals surface area (Å²) in [5.41, 5.74) is 8.29. The Labute approximate surface area is 152 Å². The van der Waals surface area contributed by atoms with Crippen LogP contribution in [0.25, 0.3) is 0 Å². The number of para-hydroxylation sites is 1. The van der Waals surface area contributed by atoms with Gasteiger partial charge < -0.3 is 15.5 Å². The maximum Gasteiger partial charge on any atom is 0.132 e. The van der Waals surface area contributed by atoms with Gasteiger partial charge in [0, 0.05) is 32.0 Å². The van der Waals surface area contributed by atoms with Crippen LogP contribution < -0.4 is 10.6 Å². The Morgan fingerprint density at radius 3 is 2.25 bits per heavy atom. The van der Waals surface area contributed by atoms with Gasteiger partial charge in [0.05, 0.1) is 0 Å². The summed E-state index contributed by atoms with van der Waals surface area (Å²) < 4.78 is 0. The van der Waals surface area contributed by atoms with Gasteiger partial charge in [-0.05, 0) is 42.8 Å². The van der Waals surface area contributed by atoms with Gasteiger partial charge in [0.2, 0.25) is 0 Å². The lowest BCUT2D eigenvalue weighted by Gasteiger charge is -2.29. The topological polar surface area (TPSA) is 45.4 Å². The highest BCUT2D eigenvalue weighted by Crippen LogP contribution is 2.21. The fraction of sp³-hybridized carbons (Fsp3) is 0.421. The smallest absolute Gasteiger partial charge is 0.132 e. The van der Waals surface area contributed by atoms with E-state index < -0.39 is 0 Å². The highest BCUT2D eigenvalue weighted by molar-refractivity contribution is 5.85. The van der Waals surface area contributed by atoms with E-state index in [9.17, 15) is 0 Å². The number of anilines is 2. The third-order valence-corrected chi connectivity index (χ3v) is 4.00. The zero-order chi connectivity index (χ0) is 16.9. The summed E-state index contributed by atoms with van der Waals surface area (Å²) in [6.45, 7) is 6.93. The number of nitrogens with zero attached hydrogens (tertiary/aromatic N) is 3. The average Bonchev–Trinajstić information content (AvgIpc) is 2.55. The molecular weight excluding hydrogens is 320 g/mol. The standard InChI is InChI=1S/C19H28N4.ClH/c1-19(2,14-20)15-22(3)13-16-10-11-18(21-12-16)23(4)17-8-6-5-7-9-17;/h5-12H,13-15,20H2,1-4H3;1H. The second kappa shape index (κ2) is 9.02. The van der Waals surface area contributed by atoms with Crippen molar-refractivity contribution < 1.29 is 0 Å². The Kier molecular flexibility index (Phi) is 7.67. The van der Waals surface area contributed by atoms with Crippen LogP contribution in [0.15, 0.2) is 48.7 Å². The minimum Gasteiger partial charge on any atom is -0.330 e. The Balaban J connectivity index is 0.00000288. The molecule has 1 aromatic heterocycles. The molecule has 0 aliphatic carbocycles. The van der Waals surface area contributed by atoms with Crippen molar-refractivity contribution in [3.05, 3.63) is 54.2 Å². The Hall–Kier alpha value is -1.62.